The summed E-state index contributed by atoms with van der Waals surface area (Å²) >= 11 is 0. The maximum atomic E-state index is 12.0. The molecule has 1 fully saturated rings. The molecule has 0 aromatic carbocycles. The van der Waals surface area contributed by atoms with Crippen molar-refractivity contribution >= 4 is 40.7 Å². The van der Waals surface area contributed by atoms with Gasteiger partial charge in [0, 0.05) is 40.9 Å². The van der Waals surface area contributed by atoms with Gasteiger partial charge in [0.2, 0.25) is 0 Å². The fourth-order valence-corrected chi connectivity index (χ4v) is 4.30. The summed E-state index contributed by atoms with van der Waals surface area (Å²) in [6.07, 6.45) is 6.82. The zero-order chi connectivity index (χ0) is 16.4. The van der Waals surface area contributed by atoms with Crippen molar-refractivity contribution in [2.24, 2.45) is 10.9 Å². The largest absolute Gasteiger partial charge is 0.357 e. The van der Waals surface area contributed by atoms with Gasteiger partial charge >= 0.3 is 0 Å². The Bertz CT molecular complexity index is 364. The van der Waals surface area contributed by atoms with Crippen molar-refractivity contribution in [3.63, 3.8) is 0 Å². The molecule has 0 saturated heterocycles. The maximum absolute atomic E-state index is 12.0. The first kappa shape index (κ1) is 23.1. The lowest BCUT2D eigenvalue weighted by atomic mass is 9.95. The summed E-state index contributed by atoms with van der Waals surface area (Å²) in [5.41, 5.74) is 0. The van der Waals surface area contributed by atoms with Gasteiger partial charge in [-0.1, -0.05) is 27.2 Å². The number of hydrogen-bond donors (Lipinski definition) is 2. The summed E-state index contributed by atoms with van der Waals surface area (Å²) in [6, 6.07) is 0.414. The van der Waals surface area contributed by atoms with E-state index in [0.29, 0.717) is 11.3 Å². The second-order valence-electron chi connectivity index (χ2n) is 6.60. The van der Waals surface area contributed by atoms with E-state index in [1.54, 1.807) is 0 Å². The number of nitrogens with zero attached hydrogens (tertiary/aromatic N) is 1. The lowest BCUT2D eigenvalue weighted by Crippen LogP contribution is -2.46. The summed E-state index contributed by atoms with van der Waals surface area (Å²) in [6.45, 7) is 10.4. The quantitative estimate of drug-likeness (QED) is 0.253. The molecule has 3 atom stereocenters. The van der Waals surface area contributed by atoms with E-state index in [9.17, 15) is 4.21 Å². The predicted molar refractivity (Wildman–Crippen MR) is 113 cm³/mol. The van der Waals surface area contributed by atoms with Crippen LogP contribution in [0.1, 0.15) is 66.2 Å². The molecule has 0 radical (unpaired) electrons. The molecule has 1 rings (SSSR count). The van der Waals surface area contributed by atoms with Crippen LogP contribution in [0, 0.1) is 5.92 Å². The number of halogens is 1. The summed E-state index contributed by atoms with van der Waals surface area (Å²) in [7, 11) is -0.665. The molecule has 0 heterocycles. The molecule has 0 amide bonds. The fourth-order valence-electron chi connectivity index (χ4n) is 2.95. The van der Waals surface area contributed by atoms with E-state index in [-0.39, 0.29) is 24.0 Å². The lowest BCUT2D eigenvalue weighted by Gasteiger charge is -2.30. The van der Waals surface area contributed by atoms with Crippen LogP contribution in [0.5, 0.6) is 0 Å². The topological polar surface area (TPSA) is 53.5 Å². The Balaban J connectivity index is 0.00000484. The molecule has 0 aliphatic heterocycles. The van der Waals surface area contributed by atoms with Gasteiger partial charge in [0.05, 0.1) is 0 Å². The van der Waals surface area contributed by atoms with E-state index in [4.69, 9.17) is 0 Å². The standard InChI is InChI=1S/C17H35N3OS.HI/c1-5-18-17(19-12-8-9-14(3)4)20-15-10-7-11-16(13-15)22(21)6-2;/h14-16H,5-13H2,1-4H3,(H2,18,19,20);1H. The van der Waals surface area contributed by atoms with E-state index in [1.807, 2.05) is 6.92 Å². The van der Waals surface area contributed by atoms with Crippen LogP contribution in [0.15, 0.2) is 4.99 Å². The Kier molecular flexibility index (Phi) is 13.5. The molecule has 0 aromatic heterocycles. The van der Waals surface area contributed by atoms with Gasteiger partial charge in [-0.05, 0) is 44.9 Å². The first-order valence-electron chi connectivity index (χ1n) is 8.98. The Hall–Kier alpha value is 0.150. The van der Waals surface area contributed by atoms with Crippen LogP contribution < -0.4 is 10.6 Å². The highest BCUT2D eigenvalue weighted by Gasteiger charge is 2.25. The van der Waals surface area contributed by atoms with E-state index in [1.165, 1.54) is 12.8 Å². The average Bonchev–Trinajstić information content (AvgIpc) is 2.51. The smallest absolute Gasteiger partial charge is 0.191 e. The third kappa shape index (κ3) is 9.89. The van der Waals surface area contributed by atoms with Crippen molar-refractivity contribution in [3.8, 4) is 0 Å². The van der Waals surface area contributed by atoms with Gasteiger partial charge in [-0.2, -0.15) is 0 Å². The van der Waals surface area contributed by atoms with Crippen LogP contribution >= 0.6 is 24.0 Å². The molecular formula is C17H36IN3OS. The normalized spacial score (nSPS) is 23.3. The molecule has 3 unspecified atom stereocenters. The molecule has 1 saturated carbocycles. The Labute approximate surface area is 162 Å². The number of aliphatic imine (C=N–C) groups is 1. The van der Waals surface area contributed by atoms with Crippen molar-refractivity contribution in [3.05, 3.63) is 0 Å². The van der Waals surface area contributed by atoms with Crippen molar-refractivity contribution in [2.45, 2.75) is 77.5 Å². The number of nitrogens with one attached hydrogen (secondary N) is 2. The highest BCUT2D eigenvalue weighted by molar-refractivity contribution is 14.0. The minimum atomic E-state index is -0.665. The average molecular weight is 457 g/mol. The van der Waals surface area contributed by atoms with E-state index in [0.717, 1.165) is 56.4 Å². The molecule has 4 nitrogen and oxygen atoms in total. The fraction of sp³-hybridized carbons (Fsp3) is 0.941. The minimum Gasteiger partial charge on any atom is -0.357 e. The van der Waals surface area contributed by atoms with Crippen LogP contribution in [-0.2, 0) is 10.8 Å². The van der Waals surface area contributed by atoms with Crippen LogP contribution in [0.2, 0.25) is 0 Å². The van der Waals surface area contributed by atoms with E-state index in [2.05, 4.69) is 36.4 Å². The molecule has 0 bridgehead atoms. The van der Waals surface area contributed by atoms with Gasteiger partial charge in [-0.15, -0.1) is 24.0 Å². The van der Waals surface area contributed by atoms with Gasteiger partial charge < -0.3 is 10.6 Å². The van der Waals surface area contributed by atoms with E-state index < -0.39 is 10.8 Å². The van der Waals surface area contributed by atoms with Crippen molar-refractivity contribution < 1.29 is 4.21 Å². The SMILES string of the molecule is CCNC(=NCCCC(C)C)NC1CCCC(S(=O)CC)C1.I. The highest BCUT2D eigenvalue weighted by Crippen LogP contribution is 2.22. The zero-order valence-electron chi connectivity index (χ0n) is 15.3. The Morgan fingerprint density at radius 3 is 2.65 bits per heavy atom. The predicted octanol–water partition coefficient (Wildman–Crippen LogP) is 3.68. The molecule has 0 spiro atoms. The summed E-state index contributed by atoms with van der Waals surface area (Å²) < 4.78 is 12.0. The second kappa shape index (κ2) is 13.4. The minimum absolute atomic E-state index is 0. The van der Waals surface area contributed by atoms with Gasteiger partial charge in [0.1, 0.15) is 0 Å². The number of guanidine groups is 1. The molecule has 6 heteroatoms. The molecule has 1 aliphatic rings. The van der Waals surface area contributed by atoms with Crippen LogP contribution in [0.25, 0.3) is 0 Å². The van der Waals surface area contributed by atoms with Gasteiger partial charge in [-0.3, -0.25) is 9.20 Å². The third-order valence-electron chi connectivity index (χ3n) is 4.18. The Morgan fingerprint density at radius 2 is 2.04 bits per heavy atom. The van der Waals surface area contributed by atoms with Crippen molar-refractivity contribution in [1.29, 1.82) is 0 Å². The number of rotatable bonds is 8. The Morgan fingerprint density at radius 1 is 1.30 bits per heavy atom. The highest BCUT2D eigenvalue weighted by atomic mass is 127. The molecule has 138 valence electrons. The summed E-state index contributed by atoms with van der Waals surface area (Å²) in [4.78, 5) is 4.69. The number of hydrogen-bond acceptors (Lipinski definition) is 2. The first-order chi connectivity index (χ1) is 10.6. The van der Waals surface area contributed by atoms with Crippen LogP contribution in [0.3, 0.4) is 0 Å². The van der Waals surface area contributed by atoms with Gasteiger partial charge in [0.15, 0.2) is 5.96 Å². The second-order valence-corrected chi connectivity index (χ2v) is 8.60. The monoisotopic (exact) mass is 457 g/mol. The molecule has 2 N–H and O–H groups in total. The molecule has 0 aromatic rings. The van der Waals surface area contributed by atoms with Crippen LogP contribution in [0.4, 0.5) is 0 Å². The molecular weight excluding hydrogens is 421 g/mol. The van der Waals surface area contributed by atoms with Crippen LogP contribution in [-0.4, -0.2) is 40.3 Å². The van der Waals surface area contributed by atoms with E-state index >= 15 is 0 Å². The van der Waals surface area contributed by atoms with Gasteiger partial charge in [0.25, 0.3) is 0 Å². The zero-order valence-corrected chi connectivity index (χ0v) is 18.4. The molecule has 1 aliphatic carbocycles. The first-order valence-corrected chi connectivity index (χ1v) is 10.4. The summed E-state index contributed by atoms with van der Waals surface area (Å²) in [5, 5.41) is 7.26. The van der Waals surface area contributed by atoms with Crippen molar-refractivity contribution in [2.75, 3.05) is 18.8 Å². The lowest BCUT2D eigenvalue weighted by molar-refractivity contribution is 0.413. The summed E-state index contributed by atoms with van der Waals surface area (Å²) in [5.74, 6) is 2.45. The van der Waals surface area contributed by atoms with Crippen molar-refractivity contribution in [1.82, 2.24) is 10.6 Å². The van der Waals surface area contributed by atoms with Gasteiger partial charge in [-0.25, -0.2) is 0 Å². The maximum Gasteiger partial charge on any atom is 0.191 e. The third-order valence-corrected chi connectivity index (χ3v) is 5.92. The molecule has 23 heavy (non-hydrogen) atoms.